The minimum absolute atomic E-state index is 0.0107. The summed E-state index contributed by atoms with van der Waals surface area (Å²) >= 11 is 0. The van der Waals surface area contributed by atoms with Crippen molar-refractivity contribution in [3.63, 3.8) is 0 Å². The normalized spacial score (nSPS) is 20.8. The van der Waals surface area contributed by atoms with Crippen molar-refractivity contribution in [3.8, 4) is 0 Å². The van der Waals surface area contributed by atoms with E-state index >= 15 is 0 Å². The highest BCUT2D eigenvalue weighted by molar-refractivity contribution is 7.89. The first kappa shape index (κ1) is 21.0. The summed E-state index contributed by atoms with van der Waals surface area (Å²) in [7, 11) is -1.36. The largest absolute Gasteiger partial charge is 0.338 e. The Morgan fingerprint density at radius 3 is 2.21 bits per heavy atom. The first-order chi connectivity index (χ1) is 13.5. The van der Waals surface area contributed by atoms with Crippen LogP contribution < -0.4 is 0 Å². The van der Waals surface area contributed by atoms with Crippen LogP contribution in [-0.4, -0.2) is 74.7 Å². The molecule has 0 saturated carbocycles. The second-order valence-electron chi connectivity index (χ2n) is 7.70. The molecule has 1 aromatic rings. The molecule has 28 heavy (non-hydrogen) atoms. The molecular formula is C21H31N3O3S. The van der Waals surface area contributed by atoms with Crippen LogP contribution in [-0.2, 0) is 14.8 Å². The minimum atomic E-state index is -3.43. The summed E-state index contributed by atoms with van der Waals surface area (Å²) in [5.41, 5.74) is 0.829. The molecule has 0 N–H and O–H groups in total. The van der Waals surface area contributed by atoms with E-state index in [-0.39, 0.29) is 5.91 Å². The third-order valence-corrected chi connectivity index (χ3v) is 7.45. The van der Waals surface area contributed by atoms with Crippen LogP contribution in [0.5, 0.6) is 0 Å². The van der Waals surface area contributed by atoms with Crippen molar-refractivity contribution in [2.45, 2.75) is 37.0 Å². The molecule has 0 atom stereocenters. The number of sulfonamides is 1. The molecule has 0 aromatic heterocycles. The number of carbonyl (C=O) groups is 1. The zero-order chi connectivity index (χ0) is 20.0. The van der Waals surface area contributed by atoms with Crippen LogP contribution in [0.25, 0.3) is 6.08 Å². The van der Waals surface area contributed by atoms with Gasteiger partial charge < -0.3 is 9.80 Å². The van der Waals surface area contributed by atoms with Crippen LogP contribution in [0.2, 0.25) is 0 Å². The Bertz CT molecular complexity index is 782. The maximum atomic E-state index is 12.8. The summed E-state index contributed by atoms with van der Waals surface area (Å²) in [6.45, 7) is 4.63. The van der Waals surface area contributed by atoms with Gasteiger partial charge >= 0.3 is 0 Å². The average Bonchev–Trinajstić information content (AvgIpc) is 3.10. The number of hydrogen-bond donors (Lipinski definition) is 0. The third-order valence-electron chi connectivity index (χ3n) is 5.53. The minimum Gasteiger partial charge on any atom is -0.338 e. The van der Waals surface area contributed by atoms with E-state index < -0.39 is 10.0 Å². The fourth-order valence-corrected chi connectivity index (χ4v) is 5.24. The lowest BCUT2D eigenvalue weighted by atomic mass is 10.2. The molecule has 2 fully saturated rings. The molecule has 7 heteroatoms. The number of benzene rings is 1. The molecule has 3 rings (SSSR count). The molecule has 6 nitrogen and oxygen atoms in total. The van der Waals surface area contributed by atoms with Crippen molar-refractivity contribution in [3.05, 3.63) is 35.9 Å². The van der Waals surface area contributed by atoms with Gasteiger partial charge in [-0.25, -0.2) is 8.42 Å². The predicted octanol–water partition coefficient (Wildman–Crippen LogP) is 2.43. The van der Waals surface area contributed by atoms with Gasteiger partial charge in [0, 0.05) is 38.8 Å². The summed E-state index contributed by atoms with van der Waals surface area (Å²) in [5.74, 6) is 0.0107. The predicted molar refractivity (Wildman–Crippen MR) is 111 cm³/mol. The van der Waals surface area contributed by atoms with Crippen LogP contribution in [0.15, 0.2) is 35.2 Å². The van der Waals surface area contributed by atoms with Gasteiger partial charge in [0.05, 0.1) is 4.90 Å². The molecule has 1 amide bonds. The third kappa shape index (κ3) is 5.43. The van der Waals surface area contributed by atoms with Crippen molar-refractivity contribution in [2.24, 2.45) is 0 Å². The first-order valence-corrected chi connectivity index (χ1v) is 11.7. The molecular weight excluding hydrogens is 374 g/mol. The summed E-state index contributed by atoms with van der Waals surface area (Å²) in [4.78, 5) is 16.9. The van der Waals surface area contributed by atoms with Crippen molar-refractivity contribution in [2.75, 3.05) is 46.3 Å². The van der Waals surface area contributed by atoms with Crippen molar-refractivity contribution in [1.82, 2.24) is 14.1 Å². The first-order valence-electron chi connectivity index (χ1n) is 10.2. The molecule has 2 aliphatic heterocycles. The van der Waals surface area contributed by atoms with Gasteiger partial charge in [-0.15, -0.1) is 0 Å². The van der Waals surface area contributed by atoms with Gasteiger partial charge in [0.1, 0.15) is 0 Å². The molecule has 2 heterocycles. The number of likely N-dealkylation sites (N-methyl/N-ethyl adjacent to an activating group) is 1. The number of nitrogens with zero attached hydrogens (tertiary/aromatic N) is 3. The Kier molecular flexibility index (Phi) is 7.26. The highest BCUT2D eigenvalue weighted by atomic mass is 32.2. The zero-order valence-corrected chi connectivity index (χ0v) is 17.5. The van der Waals surface area contributed by atoms with E-state index in [1.807, 2.05) is 4.90 Å². The fraction of sp³-hybridized carbons (Fsp3) is 0.571. The van der Waals surface area contributed by atoms with Gasteiger partial charge in [0.15, 0.2) is 0 Å². The van der Waals surface area contributed by atoms with Crippen LogP contribution in [0, 0.1) is 0 Å². The second-order valence-corrected chi connectivity index (χ2v) is 9.64. The Hall–Kier alpha value is -1.70. The molecule has 154 valence electrons. The van der Waals surface area contributed by atoms with E-state index in [0.717, 1.165) is 63.8 Å². The Balaban J connectivity index is 1.63. The molecule has 0 radical (unpaired) electrons. The smallest absolute Gasteiger partial charge is 0.246 e. The van der Waals surface area contributed by atoms with Gasteiger partial charge in [-0.1, -0.05) is 25.0 Å². The van der Waals surface area contributed by atoms with Gasteiger partial charge in [0.25, 0.3) is 0 Å². The average molecular weight is 406 g/mol. The van der Waals surface area contributed by atoms with E-state index in [1.165, 1.54) is 0 Å². The standard InChI is InChI=1S/C21H31N3O3S/c1-22-13-6-14-23(18-17-22)21(25)12-9-19-7-10-20(11-8-19)28(26,27)24-15-4-2-3-5-16-24/h7-12H,2-6,13-18H2,1H3/b12-9+. The van der Waals surface area contributed by atoms with E-state index in [9.17, 15) is 13.2 Å². The quantitative estimate of drug-likeness (QED) is 0.722. The van der Waals surface area contributed by atoms with Gasteiger partial charge in [0.2, 0.25) is 15.9 Å². The molecule has 2 saturated heterocycles. The lowest BCUT2D eigenvalue weighted by molar-refractivity contribution is -0.125. The van der Waals surface area contributed by atoms with E-state index in [2.05, 4.69) is 11.9 Å². The molecule has 0 unspecified atom stereocenters. The van der Waals surface area contributed by atoms with E-state index in [1.54, 1.807) is 40.7 Å². The number of rotatable bonds is 4. The molecule has 0 aliphatic carbocycles. The number of carbonyl (C=O) groups excluding carboxylic acids is 1. The fourth-order valence-electron chi connectivity index (χ4n) is 3.72. The lowest BCUT2D eigenvalue weighted by Crippen LogP contribution is -2.33. The monoisotopic (exact) mass is 405 g/mol. The summed E-state index contributed by atoms with van der Waals surface area (Å²) in [6, 6.07) is 6.83. The summed E-state index contributed by atoms with van der Waals surface area (Å²) < 4.78 is 27.3. The molecule has 1 aromatic carbocycles. The SMILES string of the molecule is CN1CCCN(C(=O)/C=C/c2ccc(S(=O)(=O)N3CCCCCC3)cc2)CC1. The summed E-state index contributed by atoms with van der Waals surface area (Å²) in [6.07, 6.45) is 8.37. The highest BCUT2D eigenvalue weighted by Gasteiger charge is 2.24. The Labute approximate surface area is 168 Å². The van der Waals surface area contributed by atoms with Gasteiger partial charge in [-0.3, -0.25) is 4.79 Å². The zero-order valence-electron chi connectivity index (χ0n) is 16.7. The maximum absolute atomic E-state index is 12.8. The van der Waals surface area contributed by atoms with Gasteiger partial charge in [-0.2, -0.15) is 4.31 Å². The van der Waals surface area contributed by atoms with Crippen LogP contribution >= 0.6 is 0 Å². The number of amides is 1. The van der Waals surface area contributed by atoms with Gasteiger partial charge in [-0.05, 0) is 56.6 Å². The topological polar surface area (TPSA) is 60.9 Å². The van der Waals surface area contributed by atoms with E-state index in [0.29, 0.717) is 18.0 Å². The highest BCUT2D eigenvalue weighted by Crippen LogP contribution is 2.21. The van der Waals surface area contributed by atoms with Crippen molar-refractivity contribution in [1.29, 1.82) is 0 Å². The Morgan fingerprint density at radius 2 is 1.54 bits per heavy atom. The lowest BCUT2D eigenvalue weighted by Gasteiger charge is -2.20. The molecule has 0 bridgehead atoms. The van der Waals surface area contributed by atoms with Crippen LogP contribution in [0.3, 0.4) is 0 Å². The Morgan fingerprint density at radius 1 is 0.857 bits per heavy atom. The maximum Gasteiger partial charge on any atom is 0.246 e. The second kappa shape index (κ2) is 9.67. The molecule has 0 spiro atoms. The van der Waals surface area contributed by atoms with Crippen molar-refractivity contribution < 1.29 is 13.2 Å². The van der Waals surface area contributed by atoms with Crippen molar-refractivity contribution >= 4 is 22.0 Å². The van der Waals surface area contributed by atoms with Crippen LogP contribution in [0.4, 0.5) is 0 Å². The summed E-state index contributed by atoms with van der Waals surface area (Å²) in [5, 5.41) is 0. The number of hydrogen-bond acceptors (Lipinski definition) is 4. The van der Waals surface area contributed by atoms with Crippen LogP contribution in [0.1, 0.15) is 37.7 Å². The molecule has 2 aliphatic rings. The van der Waals surface area contributed by atoms with E-state index in [4.69, 9.17) is 0 Å².